The first-order chi connectivity index (χ1) is 9.04. The molecule has 0 heterocycles. The molecule has 0 aliphatic carbocycles. The molecule has 3 N–H and O–H groups in total. The first-order valence-corrected chi connectivity index (χ1v) is 6.35. The summed E-state index contributed by atoms with van der Waals surface area (Å²) in [6.07, 6.45) is 0.840. The van der Waals surface area contributed by atoms with E-state index in [4.69, 9.17) is 0 Å². The molecule has 104 valence electrons. The van der Waals surface area contributed by atoms with Crippen LogP contribution in [0, 0.1) is 0 Å². The maximum absolute atomic E-state index is 11.6. The van der Waals surface area contributed by atoms with Crippen LogP contribution in [0.5, 0.6) is 0 Å². The summed E-state index contributed by atoms with van der Waals surface area (Å²) in [6, 6.07) is 8.02. The van der Waals surface area contributed by atoms with Gasteiger partial charge < -0.3 is 10.4 Å². The highest BCUT2D eigenvalue weighted by atomic mass is 16.4. The third kappa shape index (κ3) is 5.09. The Balaban J connectivity index is 2.57. The summed E-state index contributed by atoms with van der Waals surface area (Å²) < 4.78 is 0. The van der Waals surface area contributed by atoms with Gasteiger partial charge in [0.15, 0.2) is 0 Å². The third-order valence-corrected chi connectivity index (χ3v) is 2.87. The number of carbonyl (C=O) groups is 2. The van der Waals surface area contributed by atoms with Gasteiger partial charge in [-0.25, -0.2) is 0 Å². The van der Waals surface area contributed by atoms with Crippen molar-refractivity contribution < 1.29 is 14.7 Å². The Labute approximate surface area is 113 Å². The lowest BCUT2D eigenvalue weighted by molar-refractivity contribution is -0.139. The number of nitrogens with one attached hydrogen (secondary N) is 2. The molecule has 1 aromatic rings. The third-order valence-electron chi connectivity index (χ3n) is 2.87. The standard InChI is InChI=1S/C14H20N2O3/c1-3-10(2)16-12(17)9-15-13(14(18)19)11-7-5-4-6-8-11/h4-8,10,13,15H,3,9H2,1-2H3,(H,16,17)(H,18,19). The summed E-state index contributed by atoms with van der Waals surface area (Å²) in [7, 11) is 0. The van der Waals surface area contributed by atoms with Crippen LogP contribution in [0.4, 0.5) is 0 Å². The van der Waals surface area contributed by atoms with Crippen LogP contribution in [0.1, 0.15) is 31.9 Å². The highest BCUT2D eigenvalue weighted by molar-refractivity contribution is 5.80. The Kier molecular flexibility index (Phi) is 6.02. The molecule has 0 saturated heterocycles. The number of hydrogen-bond acceptors (Lipinski definition) is 3. The molecule has 1 rings (SSSR count). The minimum atomic E-state index is -0.998. The average Bonchev–Trinajstić information content (AvgIpc) is 2.39. The average molecular weight is 264 g/mol. The molecule has 2 atom stereocenters. The number of hydrogen-bond donors (Lipinski definition) is 3. The van der Waals surface area contributed by atoms with E-state index in [1.807, 2.05) is 19.9 Å². The van der Waals surface area contributed by atoms with E-state index in [0.29, 0.717) is 5.56 Å². The lowest BCUT2D eigenvalue weighted by Gasteiger charge is -2.16. The summed E-state index contributed by atoms with van der Waals surface area (Å²) in [5.74, 6) is -1.20. The zero-order chi connectivity index (χ0) is 14.3. The van der Waals surface area contributed by atoms with E-state index in [-0.39, 0.29) is 18.5 Å². The van der Waals surface area contributed by atoms with E-state index < -0.39 is 12.0 Å². The highest BCUT2D eigenvalue weighted by Crippen LogP contribution is 2.12. The maximum Gasteiger partial charge on any atom is 0.325 e. The van der Waals surface area contributed by atoms with Crippen molar-refractivity contribution in [1.82, 2.24) is 10.6 Å². The highest BCUT2D eigenvalue weighted by Gasteiger charge is 2.19. The minimum absolute atomic E-state index is 0.0177. The van der Waals surface area contributed by atoms with E-state index in [1.165, 1.54) is 0 Å². The molecule has 5 heteroatoms. The molecular weight excluding hydrogens is 244 g/mol. The maximum atomic E-state index is 11.6. The molecule has 0 fully saturated rings. The van der Waals surface area contributed by atoms with Crippen molar-refractivity contribution in [2.45, 2.75) is 32.4 Å². The predicted octanol–water partition coefficient (Wildman–Crippen LogP) is 1.32. The Morgan fingerprint density at radius 2 is 1.89 bits per heavy atom. The van der Waals surface area contributed by atoms with Crippen molar-refractivity contribution in [1.29, 1.82) is 0 Å². The predicted molar refractivity (Wildman–Crippen MR) is 72.7 cm³/mol. The molecular formula is C14H20N2O3. The van der Waals surface area contributed by atoms with E-state index in [1.54, 1.807) is 24.3 Å². The van der Waals surface area contributed by atoms with Crippen molar-refractivity contribution in [3.05, 3.63) is 35.9 Å². The molecule has 0 bridgehead atoms. The SMILES string of the molecule is CCC(C)NC(=O)CNC(C(=O)O)c1ccccc1. The number of carboxylic acid groups (broad SMARTS) is 1. The summed E-state index contributed by atoms with van der Waals surface area (Å²) in [5, 5.41) is 14.7. The number of benzene rings is 1. The Morgan fingerprint density at radius 1 is 1.26 bits per heavy atom. The summed E-state index contributed by atoms with van der Waals surface area (Å²) in [4.78, 5) is 22.8. The molecule has 0 aliphatic rings. The van der Waals surface area contributed by atoms with Gasteiger partial charge in [0.05, 0.1) is 6.54 Å². The number of carbonyl (C=O) groups excluding carboxylic acids is 1. The molecule has 1 amide bonds. The first-order valence-electron chi connectivity index (χ1n) is 6.35. The van der Waals surface area contributed by atoms with Crippen molar-refractivity contribution in [3.63, 3.8) is 0 Å². The van der Waals surface area contributed by atoms with Gasteiger partial charge in [0.1, 0.15) is 6.04 Å². The Morgan fingerprint density at radius 3 is 2.42 bits per heavy atom. The topological polar surface area (TPSA) is 78.4 Å². The summed E-state index contributed by atoms with van der Waals surface area (Å²) in [6.45, 7) is 3.86. The zero-order valence-electron chi connectivity index (χ0n) is 11.2. The normalized spacial score (nSPS) is 13.6. The van der Waals surface area contributed by atoms with Gasteiger partial charge in [-0.3, -0.25) is 14.9 Å². The lowest BCUT2D eigenvalue weighted by atomic mass is 10.1. The summed E-state index contributed by atoms with van der Waals surface area (Å²) >= 11 is 0. The van der Waals surface area contributed by atoms with Gasteiger partial charge in [0, 0.05) is 6.04 Å². The molecule has 5 nitrogen and oxygen atoms in total. The van der Waals surface area contributed by atoms with E-state index in [2.05, 4.69) is 10.6 Å². The van der Waals surface area contributed by atoms with Crippen molar-refractivity contribution in [2.24, 2.45) is 0 Å². The Hall–Kier alpha value is -1.88. The largest absolute Gasteiger partial charge is 0.480 e. The number of carboxylic acids is 1. The van der Waals surface area contributed by atoms with E-state index in [9.17, 15) is 14.7 Å². The fourth-order valence-electron chi connectivity index (χ4n) is 1.62. The molecule has 19 heavy (non-hydrogen) atoms. The van der Waals surface area contributed by atoms with Crippen LogP contribution in [0.25, 0.3) is 0 Å². The van der Waals surface area contributed by atoms with Crippen LogP contribution in [0.2, 0.25) is 0 Å². The van der Waals surface area contributed by atoms with Crippen LogP contribution in [0.15, 0.2) is 30.3 Å². The quantitative estimate of drug-likeness (QED) is 0.694. The van der Waals surface area contributed by atoms with Crippen molar-refractivity contribution in [2.75, 3.05) is 6.54 Å². The second-order valence-electron chi connectivity index (χ2n) is 4.44. The Bertz CT molecular complexity index is 420. The smallest absolute Gasteiger partial charge is 0.325 e. The first kappa shape index (κ1) is 15.2. The van der Waals surface area contributed by atoms with Crippen LogP contribution in [-0.2, 0) is 9.59 Å². The molecule has 0 aromatic heterocycles. The fourth-order valence-corrected chi connectivity index (χ4v) is 1.62. The number of amides is 1. The zero-order valence-corrected chi connectivity index (χ0v) is 11.2. The van der Waals surface area contributed by atoms with Gasteiger partial charge in [-0.2, -0.15) is 0 Å². The van der Waals surface area contributed by atoms with Gasteiger partial charge >= 0.3 is 5.97 Å². The number of rotatable bonds is 7. The monoisotopic (exact) mass is 264 g/mol. The van der Waals surface area contributed by atoms with Crippen LogP contribution < -0.4 is 10.6 Å². The van der Waals surface area contributed by atoms with Crippen LogP contribution in [-0.4, -0.2) is 29.6 Å². The van der Waals surface area contributed by atoms with Crippen LogP contribution >= 0.6 is 0 Å². The van der Waals surface area contributed by atoms with Gasteiger partial charge in [-0.05, 0) is 18.9 Å². The minimum Gasteiger partial charge on any atom is -0.480 e. The molecule has 0 aliphatic heterocycles. The second-order valence-corrected chi connectivity index (χ2v) is 4.44. The lowest BCUT2D eigenvalue weighted by Crippen LogP contribution is -2.41. The fraction of sp³-hybridized carbons (Fsp3) is 0.429. The molecule has 0 spiro atoms. The number of aliphatic carboxylic acids is 1. The van der Waals surface area contributed by atoms with Crippen LogP contribution in [0.3, 0.4) is 0 Å². The summed E-state index contributed by atoms with van der Waals surface area (Å²) in [5.41, 5.74) is 0.631. The molecule has 0 radical (unpaired) electrons. The second kappa shape index (κ2) is 7.53. The van der Waals surface area contributed by atoms with Gasteiger partial charge in [-0.15, -0.1) is 0 Å². The van der Waals surface area contributed by atoms with Gasteiger partial charge in [0.2, 0.25) is 5.91 Å². The van der Waals surface area contributed by atoms with Crippen molar-refractivity contribution >= 4 is 11.9 Å². The molecule has 1 aromatic carbocycles. The van der Waals surface area contributed by atoms with E-state index in [0.717, 1.165) is 6.42 Å². The van der Waals surface area contributed by atoms with E-state index >= 15 is 0 Å². The van der Waals surface area contributed by atoms with Gasteiger partial charge in [-0.1, -0.05) is 37.3 Å². The van der Waals surface area contributed by atoms with Crippen molar-refractivity contribution in [3.8, 4) is 0 Å². The molecule has 2 unspecified atom stereocenters. The molecule has 0 saturated carbocycles. The van der Waals surface area contributed by atoms with Gasteiger partial charge in [0.25, 0.3) is 0 Å².